The topological polar surface area (TPSA) is 108 Å². The third-order valence-electron chi connectivity index (χ3n) is 5.02. The van der Waals surface area contributed by atoms with Crippen molar-refractivity contribution in [1.29, 1.82) is 0 Å². The van der Waals surface area contributed by atoms with E-state index in [1.807, 2.05) is 27.7 Å². The highest BCUT2D eigenvalue weighted by atomic mass is 16.3. The van der Waals surface area contributed by atoms with Crippen molar-refractivity contribution in [3.05, 3.63) is 44.2 Å². The Balaban J connectivity index is 1.84. The van der Waals surface area contributed by atoms with Crippen molar-refractivity contribution >= 4 is 23.0 Å². The molecule has 0 bridgehead atoms. The number of carbonyl (C=O) groups excluding carboxylic acids is 1. The maximum atomic E-state index is 12.2. The molecular formula is C20H25N3O4. The zero-order valence-corrected chi connectivity index (χ0v) is 16.0. The summed E-state index contributed by atoms with van der Waals surface area (Å²) in [6.45, 7) is 8.01. The van der Waals surface area contributed by atoms with E-state index < -0.39 is 10.9 Å². The number of anilines is 3. The third kappa shape index (κ3) is 3.82. The number of hydrogen-bond donors (Lipinski definition) is 4. The van der Waals surface area contributed by atoms with Gasteiger partial charge in [-0.1, -0.05) is 26.8 Å². The van der Waals surface area contributed by atoms with Gasteiger partial charge in [0.05, 0.1) is 11.3 Å². The molecule has 1 saturated carbocycles. The van der Waals surface area contributed by atoms with E-state index in [9.17, 15) is 19.5 Å². The van der Waals surface area contributed by atoms with Crippen LogP contribution in [-0.2, 0) is 0 Å². The minimum atomic E-state index is -0.647. The Morgan fingerprint density at radius 2 is 1.78 bits per heavy atom. The average molecular weight is 371 g/mol. The number of phenols is 1. The maximum Gasteiger partial charge on any atom is 0.255 e. The molecule has 3 rings (SSSR count). The third-order valence-corrected chi connectivity index (χ3v) is 5.02. The molecule has 27 heavy (non-hydrogen) atoms. The second-order valence-corrected chi connectivity index (χ2v) is 8.21. The van der Waals surface area contributed by atoms with E-state index >= 15 is 0 Å². The summed E-state index contributed by atoms with van der Waals surface area (Å²) in [4.78, 5) is 36.2. The molecule has 1 aliphatic rings. The van der Waals surface area contributed by atoms with Gasteiger partial charge >= 0.3 is 0 Å². The van der Waals surface area contributed by atoms with Gasteiger partial charge in [0, 0.05) is 12.1 Å². The summed E-state index contributed by atoms with van der Waals surface area (Å²) in [7, 11) is 0. The molecule has 0 aromatic heterocycles. The normalized spacial score (nSPS) is 15.4. The van der Waals surface area contributed by atoms with Gasteiger partial charge in [0.25, 0.3) is 16.8 Å². The molecule has 0 spiro atoms. The first-order valence-corrected chi connectivity index (χ1v) is 9.09. The van der Waals surface area contributed by atoms with Crippen LogP contribution >= 0.6 is 0 Å². The molecule has 1 amide bonds. The number of nitrogens with one attached hydrogen (secondary N) is 3. The Morgan fingerprint density at radius 3 is 2.37 bits per heavy atom. The van der Waals surface area contributed by atoms with E-state index in [1.165, 1.54) is 6.07 Å². The number of aromatic hydroxyl groups is 1. The minimum absolute atomic E-state index is 0.0504. The molecule has 144 valence electrons. The van der Waals surface area contributed by atoms with Crippen molar-refractivity contribution < 1.29 is 9.90 Å². The predicted molar refractivity (Wildman–Crippen MR) is 106 cm³/mol. The smallest absolute Gasteiger partial charge is 0.255 e. The Morgan fingerprint density at radius 1 is 1.15 bits per heavy atom. The molecule has 0 aliphatic heterocycles. The van der Waals surface area contributed by atoms with E-state index in [1.54, 1.807) is 12.1 Å². The van der Waals surface area contributed by atoms with Crippen molar-refractivity contribution in [1.82, 2.24) is 5.32 Å². The Hall–Kier alpha value is -2.83. The summed E-state index contributed by atoms with van der Waals surface area (Å²) in [5.74, 6) is -0.609. The van der Waals surface area contributed by atoms with Gasteiger partial charge in [0.15, 0.2) is 5.75 Å². The molecule has 2 aromatic carbocycles. The molecular weight excluding hydrogens is 346 g/mol. The Bertz CT molecular complexity index is 947. The first kappa shape index (κ1) is 18.9. The van der Waals surface area contributed by atoms with Gasteiger partial charge in [-0.3, -0.25) is 14.4 Å². The number of rotatable bonds is 6. The largest absolute Gasteiger partial charge is 0.505 e. The molecule has 0 heterocycles. The number of para-hydroxylation sites is 1. The highest BCUT2D eigenvalue weighted by molar-refractivity contribution is 5.99. The van der Waals surface area contributed by atoms with Crippen LogP contribution in [-0.4, -0.2) is 23.1 Å². The van der Waals surface area contributed by atoms with E-state index in [4.69, 9.17) is 0 Å². The lowest BCUT2D eigenvalue weighted by Gasteiger charge is -2.30. The van der Waals surface area contributed by atoms with Gasteiger partial charge in [-0.25, -0.2) is 0 Å². The fraction of sp³-hybridized carbons (Fsp3) is 0.450. The van der Waals surface area contributed by atoms with Crippen molar-refractivity contribution in [2.24, 2.45) is 5.41 Å². The molecule has 7 nitrogen and oxygen atoms in total. The van der Waals surface area contributed by atoms with Gasteiger partial charge in [-0.05, 0) is 37.3 Å². The lowest BCUT2D eigenvalue weighted by molar-refractivity contribution is 0.0948. The molecule has 0 saturated heterocycles. The van der Waals surface area contributed by atoms with Crippen LogP contribution in [0.5, 0.6) is 5.75 Å². The maximum absolute atomic E-state index is 12.2. The summed E-state index contributed by atoms with van der Waals surface area (Å²) in [6.07, 6.45) is 1.88. The summed E-state index contributed by atoms with van der Waals surface area (Å²) in [5, 5.41) is 19.2. The second kappa shape index (κ2) is 6.72. The van der Waals surface area contributed by atoms with Crippen LogP contribution in [0.2, 0.25) is 0 Å². The molecule has 1 fully saturated rings. The van der Waals surface area contributed by atoms with Crippen LogP contribution < -0.4 is 26.8 Å². The molecule has 7 heteroatoms. The SMILES string of the molecule is C[C@H](Nc1c(Nc2cccc(C(=O)NC3CC3)c2O)c(=O)c1=O)C(C)(C)C. The lowest BCUT2D eigenvalue weighted by atomic mass is 9.87. The lowest BCUT2D eigenvalue weighted by Crippen LogP contribution is -2.41. The van der Waals surface area contributed by atoms with Crippen molar-refractivity contribution in [2.75, 3.05) is 10.6 Å². The summed E-state index contributed by atoms with van der Waals surface area (Å²) in [5.41, 5.74) is -0.706. The number of carbonyl (C=O) groups is 1. The first-order valence-electron chi connectivity index (χ1n) is 9.09. The van der Waals surface area contributed by atoms with Gasteiger partial charge in [0.2, 0.25) is 0 Å². The van der Waals surface area contributed by atoms with Gasteiger partial charge in [-0.2, -0.15) is 0 Å². The standard InChI is InChI=1S/C20H25N3O4/c1-10(20(2,3)4)21-14-15(18(26)17(14)25)23-13-7-5-6-12(16(13)24)19(27)22-11-8-9-11/h5-7,10-11,21,23-24H,8-9H2,1-4H3,(H,22,27)/t10-/m0/s1. The van der Waals surface area contributed by atoms with Crippen molar-refractivity contribution in [3.8, 4) is 5.75 Å². The van der Waals surface area contributed by atoms with Crippen LogP contribution in [0.3, 0.4) is 0 Å². The van der Waals surface area contributed by atoms with Crippen molar-refractivity contribution in [3.63, 3.8) is 0 Å². The molecule has 0 radical (unpaired) electrons. The molecule has 4 N–H and O–H groups in total. The van der Waals surface area contributed by atoms with E-state index in [0.29, 0.717) is 0 Å². The molecule has 2 aromatic rings. The number of phenolic OH excluding ortho intramolecular Hbond substituents is 1. The van der Waals surface area contributed by atoms with Crippen molar-refractivity contribution in [2.45, 2.75) is 52.6 Å². The predicted octanol–water partition coefficient (Wildman–Crippen LogP) is 2.47. The highest BCUT2D eigenvalue weighted by Gasteiger charge is 2.28. The van der Waals surface area contributed by atoms with Gasteiger partial charge in [-0.15, -0.1) is 0 Å². The average Bonchev–Trinajstić information content (AvgIpc) is 3.41. The Kier molecular flexibility index (Phi) is 4.71. The minimum Gasteiger partial charge on any atom is -0.505 e. The monoisotopic (exact) mass is 371 g/mol. The number of benzene rings is 1. The van der Waals surface area contributed by atoms with Crippen LogP contribution in [0.25, 0.3) is 0 Å². The highest BCUT2D eigenvalue weighted by Crippen LogP contribution is 2.33. The fourth-order valence-electron chi connectivity index (χ4n) is 2.53. The summed E-state index contributed by atoms with van der Waals surface area (Å²) >= 11 is 0. The number of hydrogen-bond acceptors (Lipinski definition) is 6. The van der Waals surface area contributed by atoms with E-state index in [2.05, 4.69) is 16.0 Å². The molecule has 0 unspecified atom stereocenters. The van der Waals surface area contributed by atoms with E-state index in [0.717, 1.165) is 12.8 Å². The first-order chi connectivity index (χ1) is 12.6. The second-order valence-electron chi connectivity index (χ2n) is 8.21. The number of amides is 1. The summed E-state index contributed by atoms with van der Waals surface area (Å²) in [6, 6.07) is 4.79. The molecule has 1 aliphatic carbocycles. The van der Waals surface area contributed by atoms with Crippen LogP contribution in [0.4, 0.5) is 17.1 Å². The molecule has 1 atom stereocenters. The Labute approximate surface area is 157 Å². The van der Waals surface area contributed by atoms with Crippen LogP contribution in [0.15, 0.2) is 27.8 Å². The van der Waals surface area contributed by atoms with Gasteiger partial charge in [0.1, 0.15) is 11.4 Å². The fourth-order valence-corrected chi connectivity index (χ4v) is 2.53. The van der Waals surface area contributed by atoms with E-state index in [-0.39, 0.29) is 51.8 Å². The quantitative estimate of drug-likeness (QED) is 0.459. The van der Waals surface area contributed by atoms with Crippen LogP contribution in [0.1, 0.15) is 50.9 Å². The summed E-state index contributed by atoms with van der Waals surface area (Å²) < 4.78 is 0. The zero-order chi connectivity index (χ0) is 19.9. The zero-order valence-electron chi connectivity index (χ0n) is 16.0. The van der Waals surface area contributed by atoms with Crippen LogP contribution in [0, 0.1) is 5.41 Å². The van der Waals surface area contributed by atoms with Gasteiger partial charge < -0.3 is 21.1 Å².